The van der Waals surface area contributed by atoms with Gasteiger partial charge in [0, 0.05) is 36.1 Å². The Morgan fingerprint density at radius 2 is 1.71 bits per heavy atom. The van der Waals surface area contributed by atoms with Gasteiger partial charge in [-0.15, -0.1) is 0 Å². The Kier molecular flexibility index (Phi) is 2.60. The molecule has 0 aliphatic carbocycles. The van der Waals surface area contributed by atoms with Crippen LogP contribution in [0, 0.1) is 0 Å². The molecule has 0 unspecified atom stereocenters. The zero-order valence-electron chi connectivity index (χ0n) is 11.6. The Morgan fingerprint density at radius 3 is 2.48 bits per heavy atom. The number of fused-ring (bicyclic) bond motifs is 1. The zero-order valence-corrected chi connectivity index (χ0v) is 11.6. The number of hydrogen-bond donors (Lipinski definition) is 0. The van der Waals surface area contributed by atoms with Gasteiger partial charge < -0.3 is 0 Å². The first-order chi connectivity index (χ1) is 10.3. The summed E-state index contributed by atoms with van der Waals surface area (Å²) in [4.78, 5) is 0. The van der Waals surface area contributed by atoms with Crippen LogP contribution in [0.4, 0.5) is 0 Å². The minimum atomic E-state index is 0.981. The molecule has 21 heavy (non-hydrogen) atoms. The lowest BCUT2D eigenvalue weighted by Gasteiger charge is -2.00. The van der Waals surface area contributed by atoms with Crippen molar-refractivity contribution >= 4 is 5.52 Å². The van der Waals surface area contributed by atoms with E-state index in [0.29, 0.717) is 0 Å². The van der Waals surface area contributed by atoms with Crippen molar-refractivity contribution in [1.82, 2.24) is 19.4 Å². The van der Waals surface area contributed by atoms with Crippen LogP contribution in [0.1, 0.15) is 0 Å². The minimum Gasteiger partial charge on any atom is -0.275 e. The standard InChI is InChI=1S/C17H14N4/c1-20-12-14(11-18-20)16-15-9-5-6-10-21(15)19-17(16)13-7-3-2-4-8-13/h2-12H,1H3. The third-order valence-electron chi connectivity index (χ3n) is 3.58. The number of aryl methyl sites for hydroxylation is 1. The van der Waals surface area contributed by atoms with Crippen molar-refractivity contribution in [3.63, 3.8) is 0 Å². The summed E-state index contributed by atoms with van der Waals surface area (Å²) in [5.74, 6) is 0. The molecule has 0 saturated carbocycles. The second kappa shape index (κ2) is 4.59. The van der Waals surface area contributed by atoms with Gasteiger partial charge in [0.05, 0.1) is 11.7 Å². The monoisotopic (exact) mass is 274 g/mol. The lowest BCUT2D eigenvalue weighted by molar-refractivity contribution is 0.768. The molecule has 0 atom stereocenters. The Labute approximate surface area is 122 Å². The Morgan fingerprint density at radius 1 is 0.905 bits per heavy atom. The van der Waals surface area contributed by atoms with Crippen molar-refractivity contribution in [2.45, 2.75) is 0 Å². The minimum absolute atomic E-state index is 0.981. The third kappa shape index (κ3) is 1.92. The summed E-state index contributed by atoms with van der Waals surface area (Å²) >= 11 is 0. The van der Waals surface area contributed by atoms with E-state index < -0.39 is 0 Å². The van der Waals surface area contributed by atoms with Gasteiger partial charge in [-0.05, 0) is 12.1 Å². The summed E-state index contributed by atoms with van der Waals surface area (Å²) in [6.07, 6.45) is 5.88. The third-order valence-corrected chi connectivity index (χ3v) is 3.58. The lowest BCUT2D eigenvalue weighted by atomic mass is 10.0. The van der Waals surface area contributed by atoms with E-state index in [-0.39, 0.29) is 0 Å². The molecule has 4 heteroatoms. The molecule has 0 radical (unpaired) electrons. The van der Waals surface area contributed by atoms with Crippen LogP contribution in [0.3, 0.4) is 0 Å². The first-order valence-corrected chi connectivity index (χ1v) is 6.85. The van der Waals surface area contributed by atoms with E-state index in [9.17, 15) is 0 Å². The molecule has 3 heterocycles. The fourth-order valence-electron chi connectivity index (χ4n) is 2.63. The topological polar surface area (TPSA) is 35.1 Å². The number of pyridine rings is 1. The van der Waals surface area contributed by atoms with E-state index in [1.807, 2.05) is 65.2 Å². The summed E-state index contributed by atoms with van der Waals surface area (Å²) in [5.41, 5.74) is 5.38. The van der Waals surface area contributed by atoms with E-state index in [0.717, 1.165) is 27.9 Å². The summed E-state index contributed by atoms with van der Waals surface area (Å²) in [7, 11) is 1.93. The van der Waals surface area contributed by atoms with Gasteiger partial charge in [-0.1, -0.05) is 36.4 Å². The van der Waals surface area contributed by atoms with Crippen LogP contribution in [0.25, 0.3) is 27.9 Å². The molecule has 0 saturated heterocycles. The van der Waals surface area contributed by atoms with Crippen molar-refractivity contribution < 1.29 is 0 Å². The van der Waals surface area contributed by atoms with Crippen LogP contribution in [-0.4, -0.2) is 19.4 Å². The fourth-order valence-corrected chi connectivity index (χ4v) is 2.63. The van der Waals surface area contributed by atoms with Crippen molar-refractivity contribution in [3.05, 3.63) is 67.1 Å². The summed E-state index contributed by atoms with van der Waals surface area (Å²) < 4.78 is 3.74. The van der Waals surface area contributed by atoms with Gasteiger partial charge in [0.2, 0.25) is 0 Å². The number of hydrogen-bond acceptors (Lipinski definition) is 2. The highest BCUT2D eigenvalue weighted by Gasteiger charge is 2.16. The predicted octanol–water partition coefficient (Wildman–Crippen LogP) is 3.40. The second-order valence-corrected chi connectivity index (χ2v) is 5.02. The molecule has 4 nitrogen and oxygen atoms in total. The predicted molar refractivity (Wildman–Crippen MR) is 82.8 cm³/mol. The highest BCUT2D eigenvalue weighted by atomic mass is 15.2. The number of nitrogens with zero attached hydrogens (tertiary/aromatic N) is 4. The molecule has 0 fully saturated rings. The molecule has 4 aromatic rings. The van der Waals surface area contributed by atoms with Gasteiger partial charge >= 0.3 is 0 Å². The molecule has 102 valence electrons. The molecule has 1 aromatic carbocycles. The highest BCUT2D eigenvalue weighted by Crippen LogP contribution is 2.34. The SMILES string of the molecule is Cn1cc(-c2c(-c3ccccc3)nn3ccccc23)cn1. The van der Waals surface area contributed by atoms with Crippen LogP contribution < -0.4 is 0 Å². The molecule has 0 aliphatic heterocycles. The Balaban J connectivity index is 2.06. The molecule has 0 spiro atoms. The van der Waals surface area contributed by atoms with Crippen molar-refractivity contribution in [2.75, 3.05) is 0 Å². The van der Waals surface area contributed by atoms with Crippen LogP contribution in [-0.2, 0) is 7.05 Å². The van der Waals surface area contributed by atoms with E-state index in [1.54, 1.807) is 0 Å². The molecule has 0 bridgehead atoms. The Hall–Kier alpha value is -2.88. The largest absolute Gasteiger partial charge is 0.275 e. The first-order valence-electron chi connectivity index (χ1n) is 6.85. The molecule has 0 amide bonds. The highest BCUT2D eigenvalue weighted by molar-refractivity contribution is 5.91. The maximum atomic E-state index is 4.75. The number of rotatable bonds is 2. The van der Waals surface area contributed by atoms with E-state index in [1.165, 1.54) is 0 Å². The normalized spacial score (nSPS) is 11.1. The molecule has 0 N–H and O–H groups in total. The van der Waals surface area contributed by atoms with Gasteiger partial charge in [0.1, 0.15) is 5.69 Å². The van der Waals surface area contributed by atoms with Crippen molar-refractivity contribution in [3.8, 4) is 22.4 Å². The van der Waals surface area contributed by atoms with Crippen molar-refractivity contribution in [2.24, 2.45) is 7.05 Å². The van der Waals surface area contributed by atoms with Gasteiger partial charge in [0.15, 0.2) is 0 Å². The molecule has 3 aromatic heterocycles. The fraction of sp³-hybridized carbons (Fsp3) is 0.0588. The summed E-state index contributed by atoms with van der Waals surface area (Å²) in [6, 6.07) is 16.4. The van der Waals surface area contributed by atoms with Crippen LogP contribution in [0.2, 0.25) is 0 Å². The van der Waals surface area contributed by atoms with E-state index in [2.05, 4.69) is 23.3 Å². The average Bonchev–Trinajstić information content (AvgIpc) is 3.11. The Bertz CT molecular complexity index is 903. The zero-order chi connectivity index (χ0) is 14.2. The van der Waals surface area contributed by atoms with Gasteiger partial charge in [-0.25, -0.2) is 4.52 Å². The van der Waals surface area contributed by atoms with Crippen LogP contribution in [0.5, 0.6) is 0 Å². The molecular formula is C17H14N4. The van der Waals surface area contributed by atoms with Gasteiger partial charge in [-0.2, -0.15) is 10.2 Å². The van der Waals surface area contributed by atoms with Gasteiger partial charge in [-0.3, -0.25) is 4.68 Å². The average molecular weight is 274 g/mol. The van der Waals surface area contributed by atoms with Crippen LogP contribution >= 0.6 is 0 Å². The number of aromatic nitrogens is 4. The maximum absolute atomic E-state index is 4.75. The first kappa shape index (κ1) is 11.9. The van der Waals surface area contributed by atoms with Crippen molar-refractivity contribution in [1.29, 1.82) is 0 Å². The molecular weight excluding hydrogens is 260 g/mol. The summed E-state index contributed by atoms with van der Waals surface area (Å²) in [5, 5.41) is 9.04. The lowest BCUT2D eigenvalue weighted by Crippen LogP contribution is -1.84. The quantitative estimate of drug-likeness (QED) is 0.561. The number of benzene rings is 1. The second-order valence-electron chi connectivity index (χ2n) is 5.02. The summed E-state index contributed by atoms with van der Waals surface area (Å²) in [6.45, 7) is 0. The maximum Gasteiger partial charge on any atom is 0.101 e. The van der Waals surface area contributed by atoms with E-state index >= 15 is 0 Å². The molecule has 4 rings (SSSR count). The smallest absolute Gasteiger partial charge is 0.101 e. The van der Waals surface area contributed by atoms with E-state index in [4.69, 9.17) is 5.10 Å². The molecule has 0 aliphatic rings. The van der Waals surface area contributed by atoms with Crippen LogP contribution in [0.15, 0.2) is 67.1 Å². The van der Waals surface area contributed by atoms with Gasteiger partial charge in [0.25, 0.3) is 0 Å².